The molecule has 0 saturated carbocycles. The first-order valence-corrected chi connectivity index (χ1v) is 7.00. The van der Waals surface area contributed by atoms with Crippen LogP contribution in [-0.4, -0.2) is 45.1 Å². The van der Waals surface area contributed by atoms with Gasteiger partial charge in [-0.05, 0) is 51.3 Å². The predicted molar refractivity (Wildman–Crippen MR) is 86.5 cm³/mol. The summed E-state index contributed by atoms with van der Waals surface area (Å²) in [7, 11) is 5.57. The van der Waals surface area contributed by atoms with Crippen molar-refractivity contribution in [3.8, 4) is 11.8 Å². The lowest BCUT2D eigenvalue weighted by Gasteiger charge is -2.09. The number of nitrogens with one attached hydrogen (secondary N) is 2. The smallest absolute Gasteiger partial charge is 0.267 e. The van der Waals surface area contributed by atoms with Crippen LogP contribution in [0.25, 0.3) is 0 Å². The van der Waals surface area contributed by atoms with Gasteiger partial charge in [0.1, 0.15) is 17.4 Å². The van der Waals surface area contributed by atoms with Gasteiger partial charge in [-0.25, -0.2) is 0 Å². The Bertz CT molecular complexity index is 544. The number of rotatable bonds is 8. The van der Waals surface area contributed by atoms with E-state index in [0.29, 0.717) is 18.0 Å². The summed E-state index contributed by atoms with van der Waals surface area (Å²) in [5.74, 6) is 0.268. The highest BCUT2D eigenvalue weighted by Crippen LogP contribution is 2.15. The third-order valence-corrected chi connectivity index (χ3v) is 2.89. The average molecular weight is 302 g/mol. The van der Waals surface area contributed by atoms with Gasteiger partial charge in [0.05, 0.1) is 7.11 Å². The SMILES string of the molecule is COc1ccc(NC(=O)/C(C#N)=C\NCCCN(C)C)cc1. The lowest BCUT2D eigenvalue weighted by Crippen LogP contribution is -2.20. The maximum Gasteiger partial charge on any atom is 0.267 e. The van der Waals surface area contributed by atoms with E-state index in [1.807, 2.05) is 20.2 Å². The van der Waals surface area contributed by atoms with Crippen LogP contribution in [0.3, 0.4) is 0 Å². The molecule has 0 aliphatic rings. The van der Waals surface area contributed by atoms with Gasteiger partial charge >= 0.3 is 0 Å². The fourth-order valence-electron chi connectivity index (χ4n) is 1.69. The van der Waals surface area contributed by atoms with Gasteiger partial charge in [-0.3, -0.25) is 4.79 Å². The van der Waals surface area contributed by atoms with Gasteiger partial charge in [0.15, 0.2) is 0 Å². The molecule has 1 rings (SSSR count). The van der Waals surface area contributed by atoms with Gasteiger partial charge in [-0.15, -0.1) is 0 Å². The van der Waals surface area contributed by atoms with Crippen molar-refractivity contribution in [3.63, 3.8) is 0 Å². The number of amides is 1. The highest BCUT2D eigenvalue weighted by atomic mass is 16.5. The highest BCUT2D eigenvalue weighted by Gasteiger charge is 2.09. The Hall–Kier alpha value is -2.52. The predicted octanol–water partition coefficient (Wildman–Crippen LogP) is 1.58. The van der Waals surface area contributed by atoms with E-state index < -0.39 is 5.91 Å². The molecule has 0 bridgehead atoms. The maximum atomic E-state index is 12.0. The van der Waals surface area contributed by atoms with Crippen LogP contribution in [0.1, 0.15) is 6.42 Å². The zero-order valence-corrected chi connectivity index (χ0v) is 13.2. The third kappa shape index (κ3) is 6.29. The molecule has 22 heavy (non-hydrogen) atoms. The summed E-state index contributed by atoms with van der Waals surface area (Å²) in [6, 6.07) is 8.81. The summed E-state index contributed by atoms with van der Waals surface area (Å²) in [6.07, 6.45) is 2.39. The zero-order valence-electron chi connectivity index (χ0n) is 13.2. The molecule has 118 valence electrons. The van der Waals surface area contributed by atoms with Crippen LogP contribution in [0, 0.1) is 11.3 Å². The Morgan fingerprint density at radius 3 is 2.59 bits per heavy atom. The van der Waals surface area contributed by atoms with Crippen molar-refractivity contribution in [2.75, 3.05) is 39.6 Å². The first kappa shape index (κ1) is 17.5. The molecule has 1 aromatic rings. The second-order valence-corrected chi connectivity index (χ2v) is 4.96. The minimum atomic E-state index is -0.437. The van der Waals surface area contributed by atoms with Gasteiger partial charge in [-0.1, -0.05) is 0 Å². The molecule has 0 aliphatic heterocycles. The molecule has 0 unspecified atom stereocenters. The van der Waals surface area contributed by atoms with Gasteiger partial charge in [0.2, 0.25) is 0 Å². The number of hydrogen-bond acceptors (Lipinski definition) is 5. The van der Waals surface area contributed by atoms with E-state index in [4.69, 9.17) is 10.00 Å². The van der Waals surface area contributed by atoms with Crippen molar-refractivity contribution in [2.45, 2.75) is 6.42 Å². The molecule has 0 aromatic heterocycles. The normalized spacial score (nSPS) is 11.0. The van der Waals surface area contributed by atoms with Crippen LogP contribution in [0.5, 0.6) is 5.75 Å². The molecule has 0 fully saturated rings. The lowest BCUT2D eigenvalue weighted by atomic mass is 10.2. The molecule has 1 amide bonds. The molecule has 0 saturated heterocycles. The van der Waals surface area contributed by atoms with Crippen LogP contribution in [0.4, 0.5) is 5.69 Å². The number of ether oxygens (including phenoxy) is 1. The van der Waals surface area contributed by atoms with Crippen molar-refractivity contribution in [2.24, 2.45) is 0 Å². The lowest BCUT2D eigenvalue weighted by molar-refractivity contribution is -0.112. The Kier molecular flexibility index (Phi) is 7.51. The van der Waals surface area contributed by atoms with Crippen molar-refractivity contribution in [1.29, 1.82) is 5.26 Å². The fraction of sp³-hybridized carbons (Fsp3) is 0.375. The molecule has 0 spiro atoms. The van der Waals surface area contributed by atoms with Crippen LogP contribution in [0.2, 0.25) is 0 Å². The van der Waals surface area contributed by atoms with Gasteiger partial charge in [-0.2, -0.15) is 5.26 Å². The molecule has 6 nitrogen and oxygen atoms in total. The van der Waals surface area contributed by atoms with E-state index in [0.717, 1.165) is 13.0 Å². The maximum absolute atomic E-state index is 12.0. The largest absolute Gasteiger partial charge is 0.497 e. The number of hydrogen-bond donors (Lipinski definition) is 2. The van der Waals surface area contributed by atoms with Crippen molar-refractivity contribution < 1.29 is 9.53 Å². The number of carbonyl (C=O) groups is 1. The minimum Gasteiger partial charge on any atom is -0.497 e. The summed E-state index contributed by atoms with van der Waals surface area (Å²) < 4.78 is 5.05. The Balaban J connectivity index is 2.51. The van der Waals surface area contributed by atoms with Crippen LogP contribution in [-0.2, 0) is 4.79 Å². The summed E-state index contributed by atoms with van der Waals surface area (Å²) in [5, 5.41) is 14.7. The van der Waals surface area contributed by atoms with Crippen molar-refractivity contribution in [3.05, 3.63) is 36.0 Å². The summed E-state index contributed by atoms with van der Waals surface area (Å²) in [4.78, 5) is 14.1. The number of anilines is 1. The van der Waals surface area contributed by atoms with E-state index >= 15 is 0 Å². The molecular formula is C16H22N4O2. The standard InChI is InChI=1S/C16H22N4O2/c1-20(2)10-4-9-18-12-13(11-17)16(21)19-14-5-7-15(22-3)8-6-14/h5-8,12,18H,4,9-10H2,1-3H3,(H,19,21)/b13-12-. The molecule has 0 atom stereocenters. The second-order valence-electron chi connectivity index (χ2n) is 4.96. The quantitative estimate of drug-likeness (QED) is 0.433. The van der Waals surface area contributed by atoms with Gasteiger partial charge in [0, 0.05) is 18.4 Å². The van der Waals surface area contributed by atoms with Crippen LogP contribution in [0.15, 0.2) is 36.0 Å². The Morgan fingerprint density at radius 1 is 1.36 bits per heavy atom. The van der Waals surface area contributed by atoms with E-state index in [2.05, 4.69) is 15.5 Å². The average Bonchev–Trinajstić information content (AvgIpc) is 2.51. The first-order chi connectivity index (χ1) is 10.6. The zero-order chi connectivity index (χ0) is 16.4. The van der Waals surface area contributed by atoms with Crippen LogP contribution < -0.4 is 15.4 Å². The van der Waals surface area contributed by atoms with E-state index in [1.54, 1.807) is 31.4 Å². The number of benzene rings is 1. The first-order valence-electron chi connectivity index (χ1n) is 7.00. The summed E-state index contributed by atoms with van der Waals surface area (Å²) >= 11 is 0. The van der Waals surface area contributed by atoms with E-state index in [-0.39, 0.29) is 5.57 Å². The minimum absolute atomic E-state index is 0.0423. The Labute approximate surface area is 131 Å². The third-order valence-electron chi connectivity index (χ3n) is 2.89. The summed E-state index contributed by atoms with van der Waals surface area (Å²) in [6.45, 7) is 1.65. The molecule has 6 heteroatoms. The molecular weight excluding hydrogens is 280 g/mol. The number of nitriles is 1. The Morgan fingerprint density at radius 2 is 2.05 bits per heavy atom. The van der Waals surface area contributed by atoms with Gasteiger partial charge < -0.3 is 20.3 Å². The molecule has 0 radical (unpaired) electrons. The number of carbonyl (C=O) groups excluding carboxylic acids is 1. The molecule has 0 heterocycles. The fourth-order valence-corrected chi connectivity index (χ4v) is 1.69. The van der Waals surface area contributed by atoms with E-state index in [1.165, 1.54) is 6.20 Å². The van der Waals surface area contributed by atoms with Gasteiger partial charge in [0.25, 0.3) is 5.91 Å². The second kappa shape index (κ2) is 9.42. The number of methoxy groups -OCH3 is 1. The topological polar surface area (TPSA) is 77.4 Å². The molecule has 1 aromatic carbocycles. The number of nitrogens with zero attached hydrogens (tertiary/aromatic N) is 2. The summed E-state index contributed by atoms with van der Waals surface area (Å²) in [5.41, 5.74) is 0.653. The monoisotopic (exact) mass is 302 g/mol. The molecule has 2 N–H and O–H groups in total. The van der Waals surface area contributed by atoms with Crippen molar-refractivity contribution in [1.82, 2.24) is 10.2 Å². The van der Waals surface area contributed by atoms with Crippen LogP contribution >= 0.6 is 0 Å². The highest BCUT2D eigenvalue weighted by molar-refractivity contribution is 6.06. The van der Waals surface area contributed by atoms with E-state index in [9.17, 15) is 4.79 Å². The molecule has 0 aliphatic carbocycles. The van der Waals surface area contributed by atoms with Crippen molar-refractivity contribution >= 4 is 11.6 Å².